The van der Waals surface area contributed by atoms with Gasteiger partial charge in [-0.15, -0.1) is 0 Å². The highest BCUT2D eigenvalue weighted by molar-refractivity contribution is 5.39. The first-order valence-electron chi connectivity index (χ1n) is 6.98. The van der Waals surface area contributed by atoms with Crippen LogP contribution in [0.25, 0.3) is 0 Å². The van der Waals surface area contributed by atoms with Gasteiger partial charge in [-0.2, -0.15) is 0 Å². The van der Waals surface area contributed by atoms with Crippen molar-refractivity contribution in [3.05, 3.63) is 29.6 Å². The van der Waals surface area contributed by atoms with Crippen molar-refractivity contribution in [1.29, 1.82) is 0 Å². The van der Waals surface area contributed by atoms with Crippen LogP contribution in [0.5, 0.6) is 5.75 Å². The highest BCUT2D eigenvalue weighted by atomic mass is 19.1. The van der Waals surface area contributed by atoms with Crippen LogP contribution < -0.4 is 4.74 Å². The highest BCUT2D eigenvalue weighted by Gasteiger charge is 2.53. The fraction of sp³-hybridized carbons (Fsp3) is 0.625. The summed E-state index contributed by atoms with van der Waals surface area (Å²) in [6.07, 6.45) is 1.97. The molecule has 104 valence electrons. The van der Waals surface area contributed by atoms with Crippen LogP contribution in [0.2, 0.25) is 0 Å². The molecule has 0 radical (unpaired) electrons. The first kappa shape index (κ1) is 12.9. The number of halogens is 1. The molecule has 3 rings (SSSR count). The number of hydrogen-bond donors (Lipinski definition) is 1. The first-order chi connectivity index (χ1) is 8.81. The first-order valence-corrected chi connectivity index (χ1v) is 6.98. The van der Waals surface area contributed by atoms with Crippen LogP contribution in [0.3, 0.4) is 0 Å². The third-order valence-corrected chi connectivity index (χ3v) is 4.72. The zero-order valence-corrected chi connectivity index (χ0v) is 11.7. The molecule has 1 saturated carbocycles. The molecule has 19 heavy (non-hydrogen) atoms. The minimum Gasteiger partial charge on any atom is -0.486 e. The standard InChI is InChI=1S/C16H21FO2/c1-10-7-15(2,3)9-16(10)8-13(18)12-6-11(17)4-5-14(12)19-16/h4-6,10,13,18H,7-9H2,1-3H3/t10?,13-,16?/m1/s1. The van der Waals surface area contributed by atoms with Crippen LogP contribution in [0, 0.1) is 17.2 Å². The summed E-state index contributed by atoms with van der Waals surface area (Å²) < 4.78 is 19.5. The topological polar surface area (TPSA) is 29.5 Å². The van der Waals surface area contributed by atoms with Gasteiger partial charge in [-0.3, -0.25) is 0 Å². The normalized spacial score (nSPS) is 36.1. The number of aliphatic hydroxyl groups excluding tert-OH is 1. The Labute approximate surface area is 113 Å². The molecule has 1 aliphatic heterocycles. The lowest BCUT2D eigenvalue weighted by Crippen LogP contribution is -2.43. The second kappa shape index (κ2) is 3.95. The molecule has 0 aromatic heterocycles. The zero-order valence-electron chi connectivity index (χ0n) is 11.7. The number of rotatable bonds is 0. The Morgan fingerprint density at radius 2 is 2.05 bits per heavy atom. The minimum atomic E-state index is -0.629. The van der Waals surface area contributed by atoms with E-state index in [0.29, 0.717) is 23.7 Å². The maximum atomic E-state index is 13.3. The number of aliphatic hydroxyl groups is 1. The quantitative estimate of drug-likeness (QED) is 0.771. The Bertz CT molecular complexity index is 511. The fourth-order valence-electron chi connectivity index (χ4n) is 4.05. The molecule has 0 bridgehead atoms. The summed E-state index contributed by atoms with van der Waals surface area (Å²) in [7, 11) is 0. The van der Waals surface area contributed by atoms with Crippen LogP contribution in [-0.4, -0.2) is 10.7 Å². The van der Waals surface area contributed by atoms with Crippen molar-refractivity contribution >= 4 is 0 Å². The Hall–Kier alpha value is -1.09. The molecule has 3 heteroatoms. The molecule has 3 atom stereocenters. The largest absolute Gasteiger partial charge is 0.486 e. The van der Waals surface area contributed by atoms with Gasteiger partial charge in [0.05, 0.1) is 6.10 Å². The molecule has 1 aliphatic carbocycles. The summed E-state index contributed by atoms with van der Waals surface area (Å²) in [5.41, 5.74) is 0.521. The fourth-order valence-corrected chi connectivity index (χ4v) is 4.05. The van der Waals surface area contributed by atoms with Crippen LogP contribution >= 0.6 is 0 Å². The van der Waals surface area contributed by atoms with Crippen molar-refractivity contribution in [3.63, 3.8) is 0 Å². The maximum absolute atomic E-state index is 13.3. The van der Waals surface area contributed by atoms with E-state index in [2.05, 4.69) is 20.8 Å². The third-order valence-electron chi connectivity index (χ3n) is 4.72. The lowest BCUT2D eigenvalue weighted by Gasteiger charge is -2.41. The van der Waals surface area contributed by atoms with Gasteiger partial charge in [0.15, 0.2) is 0 Å². The summed E-state index contributed by atoms with van der Waals surface area (Å²) in [5, 5.41) is 10.4. The van der Waals surface area contributed by atoms with Crippen molar-refractivity contribution < 1.29 is 14.2 Å². The molecule has 0 amide bonds. The second-order valence-corrected chi connectivity index (χ2v) is 7.02. The van der Waals surface area contributed by atoms with E-state index in [-0.39, 0.29) is 16.8 Å². The van der Waals surface area contributed by atoms with Gasteiger partial charge in [0, 0.05) is 12.0 Å². The molecule has 1 aromatic rings. The summed E-state index contributed by atoms with van der Waals surface area (Å²) >= 11 is 0. The van der Waals surface area contributed by atoms with Crippen LogP contribution in [0.15, 0.2) is 18.2 Å². The molecule has 2 unspecified atom stereocenters. The Morgan fingerprint density at radius 1 is 1.32 bits per heavy atom. The smallest absolute Gasteiger partial charge is 0.126 e. The van der Waals surface area contributed by atoms with E-state index in [9.17, 15) is 9.50 Å². The van der Waals surface area contributed by atoms with E-state index in [4.69, 9.17) is 4.74 Å². The molecule has 1 spiro atoms. The third kappa shape index (κ3) is 2.04. The maximum Gasteiger partial charge on any atom is 0.126 e. The Kier molecular flexibility index (Phi) is 2.69. The van der Waals surface area contributed by atoms with Crippen molar-refractivity contribution in [2.45, 2.75) is 51.7 Å². The van der Waals surface area contributed by atoms with E-state index in [1.54, 1.807) is 6.07 Å². The van der Waals surface area contributed by atoms with E-state index in [1.807, 2.05) is 0 Å². The average Bonchev–Trinajstić information content (AvgIpc) is 2.49. The van der Waals surface area contributed by atoms with Gasteiger partial charge < -0.3 is 9.84 Å². The van der Waals surface area contributed by atoms with Crippen LogP contribution in [-0.2, 0) is 0 Å². The van der Waals surface area contributed by atoms with Gasteiger partial charge in [0.25, 0.3) is 0 Å². The van der Waals surface area contributed by atoms with Crippen molar-refractivity contribution in [1.82, 2.24) is 0 Å². The molecule has 0 saturated heterocycles. The number of benzene rings is 1. The van der Waals surface area contributed by atoms with Gasteiger partial charge in [-0.05, 0) is 42.4 Å². The number of ether oxygens (including phenoxy) is 1. The van der Waals surface area contributed by atoms with Gasteiger partial charge in [0.1, 0.15) is 17.2 Å². The van der Waals surface area contributed by atoms with E-state index in [1.165, 1.54) is 12.1 Å². The molecule has 1 N–H and O–H groups in total. The molecule has 2 nitrogen and oxygen atoms in total. The monoisotopic (exact) mass is 264 g/mol. The van der Waals surface area contributed by atoms with Crippen molar-refractivity contribution in [3.8, 4) is 5.75 Å². The van der Waals surface area contributed by atoms with Crippen molar-refractivity contribution in [2.75, 3.05) is 0 Å². The SMILES string of the molecule is CC1CC(C)(C)CC12C[C@@H](O)c1cc(F)ccc1O2. The zero-order chi connectivity index (χ0) is 13.8. The molecular formula is C16H21FO2. The predicted octanol–water partition coefficient (Wildman–Crippen LogP) is 3.84. The van der Waals surface area contributed by atoms with E-state index >= 15 is 0 Å². The van der Waals surface area contributed by atoms with Gasteiger partial charge >= 0.3 is 0 Å². The second-order valence-electron chi connectivity index (χ2n) is 7.02. The van der Waals surface area contributed by atoms with E-state index < -0.39 is 6.10 Å². The lowest BCUT2D eigenvalue weighted by atomic mass is 9.81. The highest BCUT2D eigenvalue weighted by Crippen LogP contribution is 2.55. The van der Waals surface area contributed by atoms with Crippen LogP contribution in [0.1, 0.15) is 51.7 Å². The Morgan fingerprint density at radius 3 is 2.68 bits per heavy atom. The average molecular weight is 264 g/mol. The molecule has 1 aromatic carbocycles. The predicted molar refractivity (Wildman–Crippen MR) is 71.5 cm³/mol. The molecule has 1 fully saturated rings. The molecular weight excluding hydrogens is 243 g/mol. The summed E-state index contributed by atoms with van der Waals surface area (Å²) in [6.45, 7) is 6.68. The molecule has 2 aliphatic rings. The Balaban J connectivity index is 1.99. The lowest BCUT2D eigenvalue weighted by molar-refractivity contribution is -0.0394. The van der Waals surface area contributed by atoms with Gasteiger partial charge in [-0.1, -0.05) is 20.8 Å². The number of fused-ring (bicyclic) bond motifs is 1. The molecule has 1 heterocycles. The number of hydrogen-bond acceptors (Lipinski definition) is 2. The van der Waals surface area contributed by atoms with Crippen molar-refractivity contribution in [2.24, 2.45) is 11.3 Å². The van der Waals surface area contributed by atoms with Gasteiger partial charge in [0.2, 0.25) is 0 Å². The minimum absolute atomic E-state index is 0.233. The summed E-state index contributed by atoms with van der Waals surface area (Å²) in [6, 6.07) is 4.43. The summed E-state index contributed by atoms with van der Waals surface area (Å²) in [4.78, 5) is 0. The summed E-state index contributed by atoms with van der Waals surface area (Å²) in [5.74, 6) is 0.720. The van der Waals surface area contributed by atoms with Gasteiger partial charge in [-0.25, -0.2) is 4.39 Å². The van der Waals surface area contributed by atoms with E-state index in [0.717, 1.165) is 12.8 Å². The van der Waals surface area contributed by atoms with Crippen LogP contribution in [0.4, 0.5) is 4.39 Å².